The number of hydrogen-bond donors (Lipinski definition) is 2. The zero-order valence-electron chi connectivity index (χ0n) is 12.1. The highest BCUT2D eigenvalue weighted by Crippen LogP contribution is 2.32. The lowest BCUT2D eigenvalue weighted by atomic mass is 9.86. The Hall–Kier alpha value is -1.74. The zero-order valence-corrected chi connectivity index (χ0v) is 12.1. The molecule has 9 heteroatoms. The first-order chi connectivity index (χ1) is 9.12. The van der Waals surface area contributed by atoms with Crippen molar-refractivity contribution < 1.29 is 14.6 Å². The summed E-state index contributed by atoms with van der Waals surface area (Å²) in [5.41, 5.74) is 4.17. The summed E-state index contributed by atoms with van der Waals surface area (Å²) >= 11 is 0. The van der Waals surface area contributed by atoms with Gasteiger partial charge in [-0.25, -0.2) is 9.48 Å². The van der Waals surface area contributed by atoms with Gasteiger partial charge in [0.2, 0.25) is 0 Å². The van der Waals surface area contributed by atoms with Crippen LogP contribution >= 0.6 is 0 Å². The van der Waals surface area contributed by atoms with Crippen LogP contribution in [-0.2, 0) is 11.8 Å². The quantitative estimate of drug-likeness (QED) is 0.729. The van der Waals surface area contributed by atoms with Gasteiger partial charge in [-0.1, -0.05) is 0 Å². The number of aliphatic hydroxyl groups is 1. The molecule has 0 aromatic carbocycles. The molecule has 1 aliphatic rings. The molecule has 1 aliphatic heterocycles. The number of amides is 1. The predicted octanol–water partition coefficient (Wildman–Crippen LogP) is -0.808. The second-order valence-electron chi connectivity index (χ2n) is 6.08. The van der Waals surface area contributed by atoms with E-state index < -0.39 is 23.3 Å². The lowest BCUT2D eigenvalue weighted by Crippen LogP contribution is -2.68. The number of nitrogens with zero attached hydrogens (tertiary/aromatic N) is 5. The third-order valence-corrected chi connectivity index (χ3v) is 3.09. The van der Waals surface area contributed by atoms with Crippen LogP contribution in [0.3, 0.4) is 0 Å². The van der Waals surface area contributed by atoms with Gasteiger partial charge in [-0.3, -0.25) is 0 Å². The minimum atomic E-state index is -1.24. The molecule has 0 saturated carbocycles. The number of tetrazole rings is 1. The SMILES string of the molecule is Cn1nnnc1C(N)C1(O)CN(C(=O)OC(C)(C)C)C1. The molecule has 0 spiro atoms. The molecule has 0 radical (unpaired) electrons. The van der Waals surface area contributed by atoms with Crippen molar-refractivity contribution in [3.8, 4) is 0 Å². The average molecular weight is 284 g/mol. The third kappa shape index (κ3) is 2.73. The number of likely N-dealkylation sites (tertiary alicyclic amines) is 1. The molecule has 0 aliphatic carbocycles. The fraction of sp³-hybridized carbons (Fsp3) is 0.818. The standard InChI is InChI=1S/C11H20N6O3/c1-10(2,3)20-9(18)17-5-11(19,6-17)7(12)8-13-14-15-16(8)4/h7,19H,5-6,12H2,1-4H3. The minimum Gasteiger partial charge on any atom is -0.444 e. The Balaban J connectivity index is 1.97. The molecule has 112 valence electrons. The van der Waals surface area contributed by atoms with Crippen LogP contribution in [0.15, 0.2) is 0 Å². The second kappa shape index (κ2) is 4.67. The largest absolute Gasteiger partial charge is 0.444 e. The van der Waals surface area contributed by atoms with Gasteiger partial charge in [-0.2, -0.15) is 0 Å². The van der Waals surface area contributed by atoms with Crippen LogP contribution in [0.2, 0.25) is 0 Å². The van der Waals surface area contributed by atoms with Crippen molar-refractivity contribution in [3.05, 3.63) is 5.82 Å². The Bertz CT molecular complexity index is 503. The van der Waals surface area contributed by atoms with Crippen molar-refractivity contribution in [2.24, 2.45) is 12.8 Å². The van der Waals surface area contributed by atoms with Crippen molar-refractivity contribution in [1.29, 1.82) is 0 Å². The second-order valence-corrected chi connectivity index (χ2v) is 6.08. The highest BCUT2D eigenvalue weighted by atomic mass is 16.6. The monoisotopic (exact) mass is 284 g/mol. The number of hydrogen-bond acceptors (Lipinski definition) is 7. The van der Waals surface area contributed by atoms with Crippen LogP contribution in [0.5, 0.6) is 0 Å². The number of rotatable bonds is 2. The average Bonchev–Trinajstić information content (AvgIpc) is 2.67. The summed E-state index contributed by atoms with van der Waals surface area (Å²) in [4.78, 5) is 13.2. The first-order valence-corrected chi connectivity index (χ1v) is 6.30. The van der Waals surface area contributed by atoms with E-state index in [1.165, 1.54) is 9.58 Å². The summed E-state index contributed by atoms with van der Waals surface area (Å²) in [6.45, 7) is 5.54. The molecule has 2 rings (SSSR count). The van der Waals surface area contributed by atoms with E-state index >= 15 is 0 Å². The molecule has 1 fully saturated rings. The van der Waals surface area contributed by atoms with Crippen molar-refractivity contribution >= 4 is 6.09 Å². The molecule has 0 bridgehead atoms. The number of nitrogens with two attached hydrogens (primary N) is 1. The molecule has 1 aromatic rings. The molecule has 1 saturated heterocycles. The molecule has 1 amide bonds. The Morgan fingerprint density at radius 1 is 1.50 bits per heavy atom. The van der Waals surface area contributed by atoms with Gasteiger partial charge in [0.1, 0.15) is 11.2 Å². The van der Waals surface area contributed by atoms with E-state index in [-0.39, 0.29) is 13.1 Å². The van der Waals surface area contributed by atoms with Crippen LogP contribution in [0.1, 0.15) is 32.6 Å². The summed E-state index contributed by atoms with van der Waals surface area (Å²) in [6.07, 6.45) is -0.467. The number of aromatic nitrogens is 4. The smallest absolute Gasteiger partial charge is 0.410 e. The van der Waals surface area contributed by atoms with Gasteiger partial charge in [0, 0.05) is 7.05 Å². The van der Waals surface area contributed by atoms with Gasteiger partial charge >= 0.3 is 6.09 Å². The van der Waals surface area contributed by atoms with Crippen LogP contribution < -0.4 is 5.73 Å². The van der Waals surface area contributed by atoms with Gasteiger partial charge in [-0.05, 0) is 31.2 Å². The van der Waals surface area contributed by atoms with Crippen molar-refractivity contribution in [3.63, 3.8) is 0 Å². The molecule has 20 heavy (non-hydrogen) atoms. The Morgan fingerprint density at radius 2 is 2.10 bits per heavy atom. The fourth-order valence-corrected chi connectivity index (χ4v) is 2.01. The summed E-state index contributed by atoms with van der Waals surface area (Å²) in [7, 11) is 1.64. The van der Waals surface area contributed by atoms with Crippen molar-refractivity contribution in [1.82, 2.24) is 25.1 Å². The number of carbonyl (C=O) groups is 1. The maximum absolute atomic E-state index is 11.8. The number of β-amino-alcohol motifs (C(OH)–C–C–N with tert-alkyl or cyclic N) is 1. The van der Waals surface area contributed by atoms with E-state index in [0.29, 0.717) is 5.82 Å². The molecule has 1 aromatic heterocycles. The normalized spacial score (nSPS) is 19.4. The lowest BCUT2D eigenvalue weighted by Gasteiger charge is -2.48. The van der Waals surface area contributed by atoms with Crippen molar-refractivity contribution in [2.75, 3.05) is 13.1 Å². The van der Waals surface area contributed by atoms with E-state index in [9.17, 15) is 9.90 Å². The van der Waals surface area contributed by atoms with Crippen LogP contribution in [-0.4, -0.2) is 60.6 Å². The first-order valence-electron chi connectivity index (χ1n) is 6.30. The number of ether oxygens (including phenoxy) is 1. The fourth-order valence-electron chi connectivity index (χ4n) is 2.01. The van der Waals surface area contributed by atoms with Gasteiger partial charge < -0.3 is 20.5 Å². The molecule has 2 heterocycles. The van der Waals surface area contributed by atoms with Gasteiger partial charge in [-0.15, -0.1) is 5.10 Å². The Labute approximate surface area is 116 Å². The van der Waals surface area contributed by atoms with Gasteiger partial charge in [0.05, 0.1) is 19.1 Å². The van der Waals surface area contributed by atoms with Crippen molar-refractivity contribution in [2.45, 2.75) is 38.0 Å². The highest BCUT2D eigenvalue weighted by Gasteiger charge is 2.51. The van der Waals surface area contributed by atoms with E-state index in [2.05, 4.69) is 15.5 Å². The van der Waals surface area contributed by atoms with Gasteiger partial charge in [0.15, 0.2) is 5.82 Å². The topological polar surface area (TPSA) is 119 Å². The zero-order chi connectivity index (χ0) is 15.1. The maximum Gasteiger partial charge on any atom is 0.410 e. The number of aryl methyl sites for hydroxylation is 1. The molecule has 1 atom stereocenters. The van der Waals surface area contributed by atoms with E-state index in [4.69, 9.17) is 10.5 Å². The van der Waals surface area contributed by atoms with E-state index in [0.717, 1.165) is 0 Å². The number of carbonyl (C=O) groups excluding carboxylic acids is 1. The first kappa shape index (κ1) is 14.7. The van der Waals surface area contributed by atoms with Crippen LogP contribution in [0.25, 0.3) is 0 Å². The van der Waals surface area contributed by atoms with Gasteiger partial charge in [0.25, 0.3) is 0 Å². The molecular formula is C11H20N6O3. The molecule has 1 unspecified atom stereocenters. The predicted molar refractivity (Wildman–Crippen MR) is 68.5 cm³/mol. The molecular weight excluding hydrogens is 264 g/mol. The Kier molecular flexibility index (Phi) is 3.42. The lowest BCUT2D eigenvalue weighted by molar-refractivity contribution is -0.114. The van der Waals surface area contributed by atoms with E-state index in [1.54, 1.807) is 27.8 Å². The van der Waals surface area contributed by atoms with E-state index in [1.807, 2.05) is 0 Å². The summed E-state index contributed by atoms with van der Waals surface area (Å²) in [5, 5.41) is 21.3. The highest BCUT2D eigenvalue weighted by molar-refractivity contribution is 5.69. The van der Waals surface area contributed by atoms with Crippen LogP contribution in [0, 0.1) is 0 Å². The third-order valence-electron chi connectivity index (χ3n) is 3.09. The Morgan fingerprint density at radius 3 is 2.55 bits per heavy atom. The summed E-state index contributed by atoms with van der Waals surface area (Å²) < 4.78 is 6.62. The van der Waals surface area contributed by atoms with Crippen LogP contribution in [0.4, 0.5) is 4.79 Å². The summed E-state index contributed by atoms with van der Waals surface area (Å²) in [6, 6.07) is -0.763. The summed E-state index contributed by atoms with van der Waals surface area (Å²) in [5.74, 6) is 0.372. The molecule has 9 nitrogen and oxygen atoms in total. The molecule has 3 N–H and O–H groups in total. The maximum atomic E-state index is 11.8. The minimum absolute atomic E-state index is 0.0932.